The van der Waals surface area contributed by atoms with E-state index in [1.165, 1.54) is 19.3 Å². The van der Waals surface area contributed by atoms with Gasteiger partial charge in [0.2, 0.25) is 0 Å². The summed E-state index contributed by atoms with van der Waals surface area (Å²) in [6.45, 7) is 7.79. The molecular formula is C17H27N3O. The van der Waals surface area contributed by atoms with Crippen LogP contribution in [0.2, 0.25) is 0 Å². The lowest BCUT2D eigenvalue weighted by Gasteiger charge is -2.39. The van der Waals surface area contributed by atoms with E-state index in [9.17, 15) is 0 Å². The van der Waals surface area contributed by atoms with E-state index >= 15 is 0 Å². The fraction of sp³-hybridized carbons (Fsp3) is 0.588. The van der Waals surface area contributed by atoms with Crippen molar-refractivity contribution in [3.63, 3.8) is 0 Å². The molecule has 0 aromatic heterocycles. The molecule has 2 rings (SSSR count). The monoisotopic (exact) mass is 289 g/mol. The van der Waals surface area contributed by atoms with Gasteiger partial charge in [0.1, 0.15) is 11.6 Å². The molecule has 1 aromatic rings. The molecule has 0 bridgehead atoms. The van der Waals surface area contributed by atoms with Crippen molar-refractivity contribution in [2.75, 3.05) is 20.2 Å². The minimum absolute atomic E-state index is 0.108. The van der Waals surface area contributed by atoms with Gasteiger partial charge >= 0.3 is 0 Å². The molecule has 0 spiro atoms. The molecule has 4 nitrogen and oxygen atoms in total. The molecule has 0 amide bonds. The Morgan fingerprint density at radius 1 is 1.38 bits per heavy atom. The quantitative estimate of drug-likeness (QED) is 0.647. The molecule has 1 heterocycles. The van der Waals surface area contributed by atoms with Crippen LogP contribution in [0.15, 0.2) is 18.2 Å². The lowest BCUT2D eigenvalue weighted by Crippen LogP contribution is -2.38. The molecule has 0 unspecified atom stereocenters. The number of nitrogens with zero attached hydrogens (tertiary/aromatic N) is 1. The number of ether oxygens (including phenoxy) is 1. The summed E-state index contributed by atoms with van der Waals surface area (Å²) < 4.78 is 5.45. The Kier molecular flexibility index (Phi) is 4.88. The molecule has 4 heteroatoms. The largest absolute Gasteiger partial charge is 0.496 e. The van der Waals surface area contributed by atoms with Gasteiger partial charge in [-0.25, -0.2) is 0 Å². The standard InChI is InChI=1S/C17H27N3O/c1-4-17(2)7-9-20(10-8-17)12-14-11-13(16(18)19)5-6-15(14)21-3/h5-6,11H,4,7-10,12H2,1-3H3,(H3,18,19). The van der Waals surface area contributed by atoms with Crippen molar-refractivity contribution in [2.45, 2.75) is 39.7 Å². The number of nitrogen functional groups attached to an aromatic ring is 1. The normalized spacial score (nSPS) is 18.4. The minimum atomic E-state index is 0.108. The maximum atomic E-state index is 7.58. The van der Waals surface area contributed by atoms with Crippen molar-refractivity contribution in [3.8, 4) is 5.75 Å². The second-order valence-corrected chi connectivity index (χ2v) is 6.38. The zero-order valence-electron chi connectivity index (χ0n) is 13.4. The number of nitrogens with two attached hydrogens (primary N) is 1. The van der Waals surface area contributed by atoms with E-state index < -0.39 is 0 Å². The topological polar surface area (TPSA) is 62.3 Å². The van der Waals surface area contributed by atoms with Crippen LogP contribution in [0.4, 0.5) is 0 Å². The molecule has 1 aliphatic rings. The van der Waals surface area contributed by atoms with E-state index in [-0.39, 0.29) is 5.84 Å². The van der Waals surface area contributed by atoms with Gasteiger partial charge in [0.15, 0.2) is 0 Å². The van der Waals surface area contributed by atoms with Gasteiger partial charge in [-0.15, -0.1) is 0 Å². The van der Waals surface area contributed by atoms with Gasteiger partial charge in [0.25, 0.3) is 0 Å². The molecule has 1 aromatic carbocycles. The number of hydrogen-bond donors (Lipinski definition) is 2. The summed E-state index contributed by atoms with van der Waals surface area (Å²) in [5, 5.41) is 7.58. The van der Waals surface area contributed by atoms with Crippen molar-refractivity contribution in [3.05, 3.63) is 29.3 Å². The highest BCUT2D eigenvalue weighted by molar-refractivity contribution is 5.95. The molecular weight excluding hydrogens is 262 g/mol. The Balaban J connectivity index is 2.09. The second kappa shape index (κ2) is 6.48. The molecule has 1 aliphatic heterocycles. The van der Waals surface area contributed by atoms with E-state index in [0.717, 1.165) is 36.5 Å². The molecule has 0 saturated carbocycles. The lowest BCUT2D eigenvalue weighted by atomic mass is 9.78. The van der Waals surface area contributed by atoms with Gasteiger partial charge in [-0.05, 0) is 49.5 Å². The summed E-state index contributed by atoms with van der Waals surface area (Å²) in [5.74, 6) is 0.986. The highest BCUT2D eigenvalue weighted by atomic mass is 16.5. The number of hydrogen-bond acceptors (Lipinski definition) is 3. The number of amidine groups is 1. The molecule has 0 atom stereocenters. The predicted molar refractivity (Wildman–Crippen MR) is 86.9 cm³/mol. The fourth-order valence-electron chi connectivity index (χ4n) is 2.92. The summed E-state index contributed by atoms with van der Waals surface area (Å²) >= 11 is 0. The second-order valence-electron chi connectivity index (χ2n) is 6.38. The van der Waals surface area contributed by atoms with Gasteiger partial charge < -0.3 is 10.5 Å². The van der Waals surface area contributed by atoms with Crippen molar-refractivity contribution in [1.82, 2.24) is 4.90 Å². The first-order valence-electron chi connectivity index (χ1n) is 7.71. The van der Waals surface area contributed by atoms with Crippen LogP contribution in [-0.2, 0) is 6.54 Å². The number of methoxy groups -OCH3 is 1. The van der Waals surface area contributed by atoms with Gasteiger partial charge in [-0.1, -0.05) is 20.3 Å². The van der Waals surface area contributed by atoms with Crippen LogP contribution in [0, 0.1) is 10.8 Å². The maximum absolute atomic E-state index is 7.58. The number of likely N-dealkylation sites (tertiary alicyclic amines) is 1. The highest BCUT2D eigenvalue weighted by Gasteiger charge is 2.28. The van der Waals surface area contributed by atoms with Gasteiger partial charge in [0, 0.05) is 17.7 Å². The Bertz CT molecular complexity index is 505. The summed E-state index contributed by atoms with van der Waals surface area (Å²) in [4.78, 5) is 2.47. The zero-order valence-corrected chi connectivity index (χ0v) is 13.4. The van der Waals surface area contributed by atoms with Gasteiger partial charge in [-0.2, -0.15) is 0 Å². The van der Waals surface area contributed by atoms with Gasteiger partial charge in [0.05, 0.1) is 7.11 Å². The Morgan fingerprint density at radius 2 is 2.05 bits per heavy atom. The third kappa shape index (κ3) is 3.76. The first-order chi connectivity index (χ1) is 9.97. The van der Waals surface area contributed by atoms with E-state index in [2.05, 4.69) is 18.7 Å². The van der Waals surface area contributed by atoms with Gasteiger partial charge in [-0.3, -0.25) is 10.3 Å². The first-order valence-corrected chi connectivity index (χ1v) is 7.71. The molecule has 116 valence electrons. The van der Waals surface area contributed by atoms with Crippen molar-refractivity contribution in [2.24, 2.45) is 11.1 Å². The molecule has 0 aliphatic carbocycles. The third-order valence-corrected chi connectivity index (χ3v) is 4.90. The van der Waals surface area contributed by atoms with E-state index in [4.69, 9.17) is 15.9 Å². The summed E-state index contributed by atoms with van der Waals surface area (Å²) in [6, 6.07) is 5.73. The van der Waals surface area contributed by atoms with Crippen LogP contribution in [0.25, 0.3) is 0 Å². The van der Waals surface area contributed by atoms with E-state index in [1.54, 1.807) is 7.11 Å². The smallest absolute Gasteiger partial charge is 0.123 e. The predicted octanol–water partition coefficient (Wildman–Crippen LogP) is 2.99. The molecule has 21 heavy (non-hydrogen) atoms. The van der Waals surface area contributed by atoms with Crippen LogP contribution < -0.4 is 10.5 Å². The van der Waals surface area contributed by atoms with E-state index in [1.807, 2.05) is 18.2 Å². The zero-order chi connectivity index (χ0) is 15.5. The Labute approximate surface area is 127 Å². The summed E-state index contributed by atoms with van der Waals surface area (Å²) in [7, 11) is 1.69. The fourth-order valence-corrected chi connectivity index (χ4v) is 2.92. The van der Waals surface area contributed by atoms with Crippen molar-refractivity contribution in [1.29, 1.82) is 5.41 Å². The summed E-state index contributed by atoms with van der Waals surface area (Å²) in [6.07, 6.45) is 3.75. The lowest BCUT2D eigenvalue weighted by molar-refractivity contribution is 0.109. The first kappa shape index (κ1) is 15.8. The number of rotatable bonds is 5. The van der Waals surface area contributed by atoms with Crippen molar-refractivity contribution < 1.29 is 4.74 Å². The maximum Gasteiger partial charge on any atom is 0.123 e. The molecule has 3 N–H and O–H groups in total. The van der Waals surface area contributed by atoms with E-state index in [0.29, 0.717) is 5.41 Å². The minimum Gasteiger partial charge on any atom is -0.496 e. The highest BCUT2D eigenvalue weighted by Crippen LogP contribution is 2.35. The Morgan fingerprint density at radius 3 is 2.57 bits per heavy atom. The van der Waals surface area contributed by atoms with Crippen LogP contribution in [-0.4, -0.2) is 30.9 Å². The van der Waals surface area contributed by atoms with Crippen LogP contribution in [0.3, 0.4) is 0 Å². The van der Waals surface area contributed by atoms with Crippen LogP contribution >= 0.6 is 0 Å². The van der Waals surface area contributed by atoms with Crippen LogP contribution in [0.1, 0.15) is 44.2 Å². The summed E-state index contributed by atoms with van der Waals surface area (Å²) in [5.41, 5.74) is 7.97. The average molecular weight is 289 g/mol. The van der Waals surface area contributed by atoms with Crippen LogP contribution in [0.5, 0.6) is 5.75 Å². The number of benzene rings is 1. The number of nitrogens with one attached hydrogen (secondary N) is 1. The SMILES string of the molecule is CCC1(C)CCN(Cc2cc(C(=N)N)ccc2OC)CC1. The third-order valence-electron chi connectivity index (χ3n) is 4.90. The molecule has 1 saturated heterocycles. The number of piperidine rings is 1. The molecule has 1 fully saturated rings. The Hall–Kier alpha value is -1.55. The van der Waals surface area contributed by atoms with Crippen molar-refractivity contribution >= 4 is 5.84 Å². The average Bonchev–Trinajstić information content (AvgIpc) is 2.49. The molecule has 0 radical (unpaired) electrons.